The van der Waals surface area contributed by atoms with E-state index in [0.29, 0.717) is 17.3 Å². The van der Waals surface area contributed by atoms with E-state index >= 15 is 0 Å². The van der Waals surface area contributed by atoms with Gasteiger partial charge < -0.3 is 9.63 Å². The van der Waals surface area contributed by atoms with Gasteiger partial charge >= 0.3 is 0 Å². The van der Waals surface area contributed by atoms with E-state index in [4.69, 9.17) is 4.52 Å². The van der Waals surface area contributed by atoms with Crippen LogP contribution in [0.5, 0.6) is 5.75 Å². The topological polar surface area (TPSA) is 72.0 Å². The molecule has 5 nitrogen and oxygen atoms in total. The van der Waals surface area contributed by atoms with Gasteiger partial charge in [0, 0.05) is 6.20 Å². The van der Waals surface area contributed by atoms with Gasteiger partial charge in [-0.2, -0.15) is 4.98 Å². The van der Waals surface area contributed by atoms with E-state index in [2.05, 4.69) is 15.1 Å². The number of rotatable bonds is 3. The van der Waals surface area contributed by atoms with Gasteiger partial charge in [0.25, 0.3) is 5.89 Å². The van der Waals surface area contributed by atoms with E-state index in [9.17, 15) is 5.11 Å². The maximum atomic E-state index is 9.47. The molecule has 0 spiro atoms. The summed E-state index contributed by atoms with van der Waals surface area (Å²) in [5.41, 5.74) is 1.33. The van der Waals surface area contributed by atoms with Gasteiger partial charge in [0.2, 0.25) is 0 Å². The predicted molar refractivity (Wildman–Crippen MR) is 77.8 cm³/mol. The lowest BCUT2D eigenvalue weighted by molar-refractivity contribution is 0.407. The zero-order chi connectivity index (χ0) is 14.9. The smallest absolute Gasteiger partial charge is 0.259 e. The molecule has 2 heterocycles. The minimum atomic E-state index is -0.368. The van der Waals surface area contributed by atoms with Crippen molar-refractivity contribution in [2.24, 2.45) is 0 Å². The van der Waals surface area contributed by atoms with E-state index in [1.165, 1.54) is 6.20 Å². The number of aromatic hydroxyl groups is 1. The van der Waals surface area contributed by atoms with E-state index in [-0.39, 0.29) is 11.2 Å². The fourth-order valence-electron chi connectivity index (χ4n) is 2.12. The quantitative estimate of drug-likeness (QED) is 0.798. The maximum absolute atomic E-state index is 9.47. The first-order valence-corrected chi connectivity index (χ1v) is 6.61. The van der Waals surface area contributed by atoms with Gasteiger partial charge in [-0.25, -0.2) is 0 Å². The van der Waals surface area contributed by atoms with Crippen molar-refractivity contribution in [2.75, 3.05) is 0 Å². The number of aromatic nitrogens is 3. The van der Waals surface area contributed by atoms with Gasteiger partial charge in [-0.05, 0) is 25.5 Å². The van der Waals surface area contributed by atoms with Crippen molar-refractivity contribution in [3.63, 3.8) is 0 Å². The summed E-state index contributed by atoms with van der Waals surface area (Å²) in [7, 11) is 0. The Balaban J connectivity index is 1.98. The van der Waals surface area contributed by atoms with Crippen LogP contribution < -0.4 is 0 Å². The van der Waals surface area contributed by atoms with E-state index < -0.39 is 0 Å². The maximum Gasteiger partial charge on any atom is 0.259 e. The molecule has 0 unspecified atom stereocenters. The van der Waals surface area contributed by atoms with Crippen molar-refractivity contribution in [1.29, 1.82) is 0 Å². The Morgan fingerprint density at radius 2 is 1.86 bits per heavy atom. The van der Waals surface area contributed by atoms with Crippen LogP contribution in [-0.4, -0.2) is 20.2 Å². The average molecular weight is 281 g/mol. The highest BCUT2D eigenvalue weighted by atomic mass is 16.5. The van der Waals surface area contributed by atoms with Gasteiger partial charge in [-0.15, -0.1) is 0 Å². The molecule has 3 rings (SSSR count). The van der Waals surface area contributed by atoms with Crippen molar-refractivity contribution < 1.29 is 9.63 Å². The van der Waals surface area contributed by atoms with Crippen molar-refractivity contribution in [1.82, 2.24) is 15.1 Å². The fraction of sp³-hybridized carbons (Fsp3) is 0.188. The van der Waals surface area contributed by atoms with E-state index in [1.54, 1.807) is 12.3 Å². The highest BCUT2D eigenvalue weighted by Gasteiger charge is 2.29. The summed E-state index contributed by atoms with van der Waals surface area (Å²) in [4.78, 5) is 8.35. The molecule has 0 aliphatic carbocycles. The minimum Gasteiger partial charge on any atom is -0.506 e. The lowest BCUT2D eigenvalue weighted by Gasteiger charge is -2.20. The van der Waals surface area contributed by atoms with Crippen LogP contribution in [0.4, 0.5) is 0 Å². The summed E-state index contributed by atoms with van der Waals surface area (Å²) in [6.45, 7) is 4.08. The zero-order valence-corrected chi connectivity index (χ0v) is 11.8. The zero-order valence-electron chi connectivity index (χ0n) is 11.8. The molecule has 3 aromatic rings. The first-order valence-electron chi connectivity index (χ1n) is 6.61. The normalized spacial score (nSPS) is 11.5. The molecule has 1 N–H and O–H groups in total. The first-order chi connectivity index (χ1) is 10.1. The number of benzene rings is 1. The Morgan fingerprint density at radius 3 is 2.57 bits per heavy atom. The largest absolute Gasteiger partial charge is 0.506 e. The van der Waals surface area contributed by atoms with Crippen LogP contribution in [0.1, 0.15) is 25.2 Å². The molecular formula is C16H15N3O2. The Kier molecular flexibility index (Phi) is 3.17. The highest BCUT2D eigenvalue weighted by molar-refractivity contribution is 5.53. The number of pyridine rings is 1. The predicted octanol–water partition coefficient (Wildman–Crippen LogP) is 3.16. The Morgan fingerprint density at radius 1 is 1.10 bits per heavy atom. The monoisotopic (exact) mass is 281 g/mol. The first kappa shape index (κ1) is 13.3. The summed E-state index contributed by atoms with van der Waals surface area (Å²) < 4.78 is 5.30. The van der Waals surface area contributed by atoms with E-state index in [0.717, 1.165) is 5.56 Å². The van der Waals surface area contributed by atoms with Crippen molar-refractivity contribution in [3.8, 4) is 17.2 Å². The molecule has 2 aromatic heterocycles. The standard InChI is InChI=1S/C16H15N3O2/c1-16(2,12-6-4-3-5-7-12)15-18-14(21-19-15)11-8-13(20)10-17-9-11/h3-10,20H,1-2H3. The molecule has 0 amide bonds. The minimum absolute atomic E-state index is 0.0644. The second-order valence-corrected chi connectivity index (χ2v) is 5.35. The molecule has 0 fully saturated rings. The summed E-state index contributed by atoms with van der Waals surface area (Å²) >= 11 is 0. The number of nitrogens with zero attached hydrogens (tertiary/aromatic N) is 3. The summed E-state index contributed by atoms with van der Waals surface area (Å²) in [5, 5.41) is 13.5. The Hall–Kier alpha value is -2.69. The molecule has 0 aliphatic rings. The molecule has 0 aliphatic heterocycles. The third-order valence-electron chi connectivity index (χ3n) is 3.45. The molecule has 1 aromatic carbocycles. The molecule has 21 heavy (non-hydrogen) atoms. The van der Waals surface area contributed by atoms with Gasteiger partial charge in [-0.3, -0.25) is 4.98 Å². The Labute approximate surface area is 122 Å². The summed E-state index contributed by atoms with van der Waals surface area (Å²) in [6, 6.07) is 11.5. The van der Waals surface area contributed by atoms with Crippen molar-refractivity contribution >= 4 is 0 Å². The van der Waals surface area contributed by atoms with Crippen LogP contribution in [0.2, 0.25) is 0 Å². The lowest BCUT2D eigenvalue weighted by atomic mass is 9.84. The molecule has 0 saturated heterocycles. The second kappa shape index (κ2) is 5.01. The Bertz CT molecular complexity index is 751. The van der Waals surface area contributed by atoms with Gasteiger partial charge in [0.1, 0.15) is 5.75 Å². The lowest BCUT2D eigenvalue weighted by Crippen LogP contribution is -2.20. The molecule has 0 atom stereocenters. The van der Waals surface area contributed by atoms with Crippen LogP contribution >= 0.6 is 0 Å². The average Bonchev–Trinajstić information content (AvgIpc) is 2.99. The summed E-state index contributed by atoms with van der Waals surface area (Å²) in [5.74, 6) is 0.999. The number of hydrogen-bond donors (Lipinski definition) is 1. The molecule has 0 bridgehead atoms. The molecule has 0 saturated carbocycles. The second-order valence-electron chi connectivity index (χ2n) is 5.35. The van der Waals surface area contributed by atoms with Crippen LogP contribution in [0.25, 0.3) is 11.5 Å². The molecular weight excluding hydrogens is 266 g/mol. The number of hydrogen-bond acceptors (Lipinski definition) is 5. The molecule has 5 heteroatoms. The molecule has 106 valence electrons. The third-order valence-corrected chi connectivity index (χ3v) is 3.45. The third kappa shape index (κ3) is 2.50. The highest BCUT2D eigenvalue weighted by Crippen LogP contribution is 2.30. The SMILES string of the molecule is CC(C)(c1ccccc1)c1noc(-c2cncc(O)c2)n1. The molecule has 0 radical (unpaired) electrons. The van der Waals surface area contributed by atoms with Gasteiger partial charge in [-0.1, -0.05) is 35.5 Å². The van der Waals surface area contributed by atoms with Crippen molar-refractivity contribution in [2.45, 2.75) is 19.3 Å². The van der Waals surface area contributed by atoms with E-state index in [1.807, 2.05) is 44.2 Å². The fourth-order valence-corrected chi connectivity index (χ4v) is 2.12. The van der Waals surface area contributed by atoms with Crippen LogP contribution in [-0.2, 0) is 5.41 Å². The van der Waals surface area contributed by atoms with Gasteiger partial charge in [0.15, 0.2) is 5.82 Å². The van der Waals surface area contributed by atoms with Crippen molar-refractivity contribution in [3.05, 3.63) is 60.2 Å². The van der Waals surface area contributed by atoms with Crippen LogP contribution in [0, 0.1) is 0 Å². The van der Waals surface area contributed by atoms with Gasteiger partial charge in [0.05, 0.1) is 17.2 Å². The van der Waals surface area contributed by atoms with Crippen LogP contribution in [0.3, 0.4) is 0 Å². The van der Waals surface area contributed by atoms with Crippen LogP contribution in [0.15, 0.2) is 53.3 Å². The summed E-state index contributed by atoms with van der Waals surface area (Å²) in [6.07, 6.45) is 2.93.